The minimum atomic E-state index is -5.20. The van der Waals surface area contributed by atoms with E-state index in [0.29, 0.717) is 0 Å². The lowest BCUT2D eigenvalue weighted by molar-refractivity contribution is -0.0664. The molecule has 3 fully saturated rings. The van der Waals surface area contributed by atoms with Crippen LogP contribution in [0.3, 0.4) is 0 Å². The van der Waals surface area contributed by atoms with Gasteiger partial charge in [0.2, 0.25) is 11.9 Å². The second-order valence-corrected chi connectivity index (χ2v) is 15.1. The van der Waals surface area contributed by atoms with Gasteiger partial charge in [-0.25, -0.2) is 23.7 Å². The fraction of sp³-hybridized carbons (Fsp3) is 0.500. The predicted molar refractivity (Wildman–Crippen MR) is 158 cm³/mol. The van der Waals surface area contributed by atoms with Crippen LogP contribution in [0.1, 0.15) is 12.5 Å². The molecule has 11 N–H and O–H groups in total. The van der Waals surface area contributed by atoms with Crippen molar-refractivity contribution < 1.29 is 71.1 Å². The zero-order chi connectivity index (χ0) is 35.9. The van der Waals surface area contributed by atoms with Crippen LogP contribution in [0.15, 0.2) is 22.2 Å². The third-order valence-electron chi connectivity index (χ3n) is 7.62. The first kappa shape index (κ1) is 34.9. The number of nitrogens with zero attached hydrogens (tertiary/aromatic N) is 6. The molecular weight excluding hydrogens is 745 g/mol. The topological polar surface area (TPSA) is 393 Å². The number of imidazole rings is 2. The quantitative estimate of drug-likeness (QED) is 0.0917. The summed E-state index contributed by atoms with van der Waals surface area (Å²) in [6.07, 6.45) is -11.8. The molecule has 0 spiro atoms. The molecular formula is C20H25N10O17P3. The number of H-pyrrole nitrogens is 2. The maximum atomic E-state index is 13.1. The Balaban J connectivity index is 1.17. The van der Waals surface area contributed by atoms with Crippen LogP contribution in [0, 0.1) is 0 Å². The maximum absolute atomic E-state index is 13.1. The van der Waals surface area contributed by atoms with Crippen LogP contribution in [-0.2, 0) is 41.3 Å². The molecule has 27 nitrogen and oxygen atoms in total. The lowest BCUT2D eigenvalue weighted by Crippen LogP contribution is -2.39. The minimum Gasteiger partial charge on any atom is -0.386 e. The zero-order valence-corrected chi connectivity index (χ0v) is 27.1. The van der Waals surface area contributed by atoms with E-state index in [2.05, 4.69) is 29.9 Å². The van der Waals surface area contributed by atoms with Crippen LogP contribution < -0.4 is 21.9 Å². The van der Waals surface area contributed by atoms with Gasteiger partial charge in [-0.2, -0.15) is 9.97 Å². The molecule has 50 heavy (non-hydrogen) atoms. The average molecular weight is 770 g/mol. The number of hydrogen-bond acceptors (Lipinski definition) is 18. The number of aromatic nitrogens is 8. The van der Waals surface area contributed by atoms with Crippen molar-refractivity contribution in [2.24, 2.45) is 0 Å². The van der Waals surface area contributed by atoms with Crippen LogP contribution in [0.2, 0.25) is 0 Å². The molecule has 0 radical (unpaired) electrons. The molecule has 0 amide bonds. The normalized spacial score (nSPS) is 35.4. The van der Waals surface area contributed by atoms with Gasteiger partial charge >= 0.3 is 23.4 Å². The monoisotopic (exact) mass is 770 g/mol. The highest BCUT2D eigenvalue weighted by Crippen LogP contribution is 2.53. The molecule has 7 heterocycles. The zero-order valence-electron chi connectivity index (χ0n) is 24.5. The second kappa shape index (κ2) is 12.3. The van der Waals surface area contributed by atoms with Gasteiger partial charge < -0.3 is 45.0 Å². The summed E-state index contributed by atoms with van der Waals surface area (Å²) in [5.41, 5.74) is 2.84. The molecule has 272 valence electrons. The van der Waals surface area contributed by atoms with Gasteiger partial charge in [0.1, 0.15) is 36.6 Å². The van der Waals surface area contributed by atoms with Gasteiger partial charge in [-0.3, -0.25) is 51.9 Å². The van der Waals surface area contributed by atoms with Crippen molar-refractivity contribution in [3.63, 3.8) is 0 Å². The third-order valence-corrected chi connectivity index (χ3v) is 10.1. The van der Waals surface area contributed by atoms with Gasteiger partial charge in [0, 0.05) is 0 Å². The number of ether oxygens (including phenoxy) is 2. The fourth-order valence-corrected chi connectivity index (χ4v) is 7.87. The Morgan fingerprint density at radius 2 is 1.30 bits per heavy atom. The van der Waals surface area contributed by atoms with Gasteiger partial charge in [0.25, 0.3) is 11.1 Å². The van der Waals surface area contributed by atoms with Gasteiger partial charge in [0.05, 0.1) is 25.9 Å². The summed E-state index contributed by atoms with van der Waals surface area (Å²) in [5, 5.41) is 24.0. The standard InChI is InChI=1S/C20H25N10O17P3/c21-19-24-13-7(15(33)26-19)22-3-29(13)17-9(31)11-5(44-17)1-42-50(40,41)47-12-6(2-43-49(38,39)46-11)45-18(10(12)32)30-4-23-8-14(30)25-20(27-16(8)34)28-48(35,36)37/h3-6,9-12,17-18,31-32H,1-2H2,(H,38,39)(H,40,41)(H3,21,24,26,33)(H4,25,27,28,34,35,36,37)/t5-,6-,9-,10-,11-,12-,17-,18-/m1/s1. The van der Waals surface area contributed by atoms with Crippen LogP contribution >= 0.6 is 23.4 Å². The number of nitrogen functional groups attached to an aromatic ring is 1. The Kier molecular flexibility index (Phi) is 8.62. The summed E-state index contributed by atoms with van der Waals surface area (Å²) in [5.74, 6) is -0.991. The second-order valence-electron chi connectivity index (χ2n) is 10.9. The molecule has 0 aromatic carbocycles. The van der Waals surface area contributed by atoms with Crippen LogP contribution in [0.5, 0.6) is 0 Å². The van der Waals surface area contributed by atoms with Crippen molar-refractivity contribution >= 4 is 57.6 Å². The summed E-state index contributed by atoms with van der Waals surface area (Å²) >= 11 is 0. The van der Waals surface area contributed by atoms with Gasteiger partial charge in [-0.05, 0) is 0 Å². The lowest BCUT2D eigenvalue weighted by Gasteiger charge is -2.27. The average Bonchev–Trinajstić information content (AvgIpc) is 3.75. The maximum Gasteiger partial charge on any atom is 0.472 e. The number of aliphatic hydroxyl groups is 2. The van der Waals surface area contributed by atoms with Crippen molar-refractivity contribution in [1.82, 2.24) is 39.0 Å². The molecule has 7 rings (SSSR count). The number of nitrogens with two attached hydrogens (primary N) is 1. The molecule has 10 atom stereocenters. The highest BCUT2D eigenvalue weighted by molar-refractivity contribution is 7.53. The Labute approximate surface area is 274 Å². The van der Waals surface area contributed by atoms with E-state index >= 15 is 0 Å². The van der Waals surface area contributed by atoms with Crippen LogP contribution in [0.4, 0.5) is 11.9 Å². The number of aromatic amines is 2. The summed E-state index contributed by atoms with van der Waals surface area (Å²) in [6, 6.07) is 0. The molecule has 4 aromatic rings. The minimum absolute atomic E-state index is 0.151. The van der Waals surface area contributed by atoms with E-state index < -0.39 is 103 Å². The number of rotatable bonds is 4. The fourth-order valence-electron chi connectivity index (χ4n) is 5.56. The Morgan fingerprint density at radius 1 is 0.840 bits per heavy atom. The van der Waals surface area contributed by atoms with E-state index in [-0.39, 0.29) is 28.3 Å². The third kappa shape index (κ3) is 6.54. The molecule has 2 unspecified atom stereocenters. The molecule has 0 bridgehead atoms. The van der Waals surface area contributed by atoms with Crippen LogP contribution in [0.25, 0.3) is 22.3 Å². The lowest BCUT2D eigenvalue weighted by atomic mass is 10.1. The number of nitrogens with one attached hydrogen (secondary N) is 3. The Hall–Kier alpha value is -3.49. The van der Waals surface area contributed by atoms with E-state index in [1.54, 1.807) is 5.09 Å². The van der Waals surface area contributed by atoms with E-state index in [0.717, 1.165) is 21.8 Å². The predicted octanol–water partition coefficient (Wildman–Crippen LogP) is -3.13. The molecule has 30 heteroatoms. The largest absolute Gasteiger partial charge is 0.472 e. The summed E-state index contributed by atoms with van der Waals surface area (Å²) < 4.78 is 71.7. The Morgan fingerprint density at radius 3 is 1.78 bits per heavy atom. The van der Waals surface area contributed by atoms with E-state index in [1.165, 1.54) is 0 Å². The van der Waals surface area contributed by atoms with E-state index in [9.17, 15) is 53.1 Å². The van der Waals surface area contributed by atoms with Crippen LogP contribution in [-0.4, -0.2) is 119 Å². The number of anilines is 2. The summed E-state index contributed by atoms with van der Waals surface area (Å²) in [4.78, 5) is 84.4. The van der Waals surface area contributed by atoms with Crippen molar-refractivity contribution in [2.45, 2.75) is 49.1 Å². The number of phosphoric ester groups is 2. The van der Waals surface area contributed by atoms with Crippen molar-refractivity contribution in [2.75, 3.05) is 24.0 Å². The summed E-state index contributed by atoms with van der Waals surface area (Å²) in [7, 11) is -15.3. The first-order chi connectivity index (χ1) is 23.4. The number of phosphoric acid groups is 2. The van der Waals surface area contributed by atoms with E-state index in [1.807, 2.05) is 0 Å². The molecule has 3 aliphatic heterocycles. The summed E-state index contributed by atoms with van der Waals surface area (Å²) in [6.45, 7) is -1.89. The molecule has 3 aliphatic rings. The van der Waals surface area contributed by atoms with Gasteiger partial charge in [-0.1, -0.05) is 0 Å². The highest BCUT2D eigenvalue weighted by Gasteiger charge is 2.54. The first-order valence-corrected chi connectivity index (χ1v) is 18.5. The molecule has 0 aliphatic carbocycles. The van der Waals surface area contributed by atoms with Crippen molar-refractivity contribution in [3.8, 4) is 0 Å². The van der Waals surface area contributed by atoms with Crippen molar-refractivity contribution in [3.05, 3.63) is 33.4 Å². The molecule has 0 saturated carbocycles. The first-order valence-electron chi connectivity index (χ1n) is 13.9. The van der Waals surface area contributed by atoms with Gasteiger partial charge in [0.15, 0.2) is 34.8 Å². The smallest absolute Gasteiger partial charge is 0.386 e. The molecule has 4 aromatic heterocycles. The SMILES string of the molecule is Nc1nc2c(ncn2[C@@H]2O[C@@H]3COP(=O)(O)O[C@H]4[C@@H](O)[C@H](n5cnc6c(=O)[nH]c(NP(=O)(O)O)nc65)O[C@@H]4COP(=O)(O)O[C@H]3[C@H]2O)c(=O)[nH]1. The number of fused-ring (bicyclic) bond motifs is 4. The number of hydrogen-bond donors (Lipinski definition) is 10. The molecule has 3 saturated heterocycles. The highest BCUT2D eigenvalue weighted by atomic mass is 31.2. The van der Waals surface area contributed by atoms with Gasteiger partial charge in [-0.15, -0.1) is 0 Å². The number of aliphatic hydroxyl groups excluding tert-OH is 2. The Bertz CT molecular complexity index is 2240. The van der Waals surface area contributed by atoms with E-state index in [4.69, 9.17) is 33.3 Å². The van der Waals surface area contributed by atoms with Crippen molar-refractivity contribution in [1.29, 1.82) is 0 Å².